The highest BCUT2D eigenvalue weighted by Crippen LogP contribution is 2.21. The zero-order chi connectivity index (χ0) is 13.9. The average molecular weight is 277 g/mol. The fourth-order valence-electron chi connectivity index (χ4n) is 1.16. The van der Waals surface area contributed by atoms with Crippen molar-refractivity contribution in [2.75, 3.05) is 7.11 Å². The molecule has 1 aromatic carbocycles. The Bertz CT molecular complexity index is 557. The zero-order valence-corrected chi connectivity index (χ0v) is 10.5. The van der Waals surface area contributed by atoms with Crippen molar-refractivity contribution in [2.24, 2.45) is 0 Å². The first kappa shape index (κ1) is 14.4. The topological polar surface area (TPSA) is 92.7 Å². The van der Waals surface area contributed by atoms with E-state index in [1.807, 2.05) is 4.72 Å². The van der Waals surface area contributed by atoms with Crippen molar-refractivity contribution in [3.8, 4) is 5.75 Å². The average Bonchev–Trinajstić information content (AvgIpc) is 2.28. The predicted molar refractivity (Wildman–Crippen MR) is 60.4 cm³/mol. The Hall–Kier alpha value is -1.67. The van der Waals surface area contributed by atoms with E-state index in [0.717, 1.165) is 18.2 Å². The number of aliphatic carboxylic acids is 1. The third-order valence-corrected chi connectivity index (χ3v) is 3.67. The van der Waals surface area contributed by atoms with Gasteiger partial charge in [-0.25, -0.2) is 12.8 Å². The lowest BCUT2D eigenvalue weighted by Gasteiger charge is -2.11. The Labute approximate surface area is 103 Å². The quantitative estimate of drug-likeness (QED) is 0.821. The smallest absolute Gasteiger partial charge is 0.321 e. The molecule has 8 heteroatoms. The van der Waals surface area contributed by atoms with Crippen LogP contribution in [0.4, 0.5) is 4.39 Å². The summed E-state index contributed by atoms with van der Waals surface area (Å²) in [6.45, 7) is 1.18. The number of carboxylic acids is 1. The summed E-state index contributed by atoms with van der Waals surface area (Å²) < 4.78 is 43.2. The summed E-state index contributed by atoms with van der Waals surface area (Å²) in [6, 6.07) is 1.64. The molecule has 0 saturated heterocycles. The van der Waals surface area contributed by atoms with Gasteiger partial charge in [0.15, 0.2) is 11.6 Å². The number of methoxy groups -OCH3 is 1. The normalized spacial score (nSPS) is 13.1. The monoisotopic (exact) mass is 277 g/mol. The molecular weight excluding hydrogens is 265 g/mol. The Kier molecular flexibility index (Phi) is 4.25. The molecular formula is C10H12FNO5S. The van der Waals surface area contributed by atoms with Crippen LogP contribution in [0.5, 0.6) is 5.75 Å². The number of carbonyl (C=O) groups is 1. The summed E-state index contributed by atoms with van der Waals surface area (Å²) in [4.78, 5) is 10.3. The van der Waals surface area contributed by atoms with Crippen LogP contribution in [0.15, 0.2) is 23.1 Å². The van der Waals surface area contributed by atoms with Gasteiger partial charge in [-0.05, 0) is 19.1 Å². The van der Waals surface area contributed by atoms with Crippen molar-refractivity contribution in [3.05, 3.63) is 24.0 Å². The predicted octanol–water partition coefficient (Wildman–Crippen LogP) is 0.586. The van der Waals surface area contributed by atoms with Crippen LogP contribution in [-0.4, -0.2) is 32.6 Å². The molecule has 0 saturated carbocycles. The third-order valence-electron chi connectivity index (χ3n) is 2.14. The van der Waals surface area contributed by atoms with E-state index in [4.69, 9.17) is 5.11 Å². The molecule has 0 aromatic heterocycles. The Morgan fingerprint density at radius 1 is 1.50 bits per heavy atom. The van der Waals surface area contributed by atoms with Crippen molar-refractivity contribution in [3.63, 3.8) is 0 Å². The lowest BCUT2D eigenvalue weighted by molar-refractivity contribution is -0.138. The highest BCUT2D eigenvalue weighted by atomic mass is 32.2. The summed E-state index contributed by atoms with van der Waals surface area (Å²) in [5, 5.41) is 8.63. The molecule has 0 spiro atoms. The maximum absolute atomic E-state index is 13.1. The SMILES string of the molecule is COc1cc(S(=O)(=O)N[C@@H](C)C(=O)O)ccc1F. The number of hydrogen-bond donors (Lipinski definition) is 2. The zero-order valence-electron chi connectivity index (χ0n) is 9.68. The molecule has 0 aliphatic heterocycles. The maximum Gasteiger partial charge on any atom is 0.321 e. The number of rotatable bonds is 5. The van der Waals surface area contributed by atoms with Gasteiger partial charge >= 0.3 is 5.97 Å². The minimum absolute atomic E-state index is 0.235. The molecule has 18 heavy (non-hydrogen) atoms. The number of nitrogens with one attached hydrogen (secondary N) is 1. The molecule has 0 bridgehead atoms. The van der Waals surface area contributed by atoms with Gasteiger partial charge in [-0.2, -0.15) is 4.72 Å². The van der Waals surface area contributed by atoms with Gasteiger partial charge in [-0.15, -0.1) is 0 Å². The molecule has 2 N–H and O–H groups in total. The van der Waals surface area contributed by atoms with Gasteiger partial charge in [-0.3, -0.25) is 4.79 Å². The molecule has 1 atom stereocenters. The minimum Gasteiger partial charge on any atom is -0.494 e. The van der Waals surface area contributed by atoms with E-state index in [9.17, 15) is 17.6 Å². The molecule has 0 aliphatic carbocycles. The molecule has 0 radical (unpaired) electrons. The second-order valence-electron chi connectivity index (χ2n) is 3.48. The van der Waals surface area contributed by atoms with Crippen LogP contribution in [0.2, 0.25) is 0 Å². The van der Waals surface area contributed by atoms with Crippen LogP contribution in [0.3, 0.4) is 0 Å². The van der Waals surface area contributed by atoms with E-state index >= 15 is 0 Å². The van der Waals surface area contributed by atoms with E-state index in [1.54, 1.807) is 0 Å². The lowest BCUT2D eigenvalue weighted by Crippen LogP contribution is -2.38. The van der Waals surface area contributed by atoms with Gasteiger partial charge in [0.05, 0.1) is 12.0 Å². The largest absolute Gasteiger partial charge is 0.494 e. The summed E-state index contributed by atoms with van der Waals surface area (Å²) in [7, 11) is -2.83. The molecule has 0 heterocycles. The van der Waals surface area contributed by atoms with Crippen molar-refractivity contribution < 1.29 is 27.4 Å². The molecule has 0 amide bonds. The molecule has 6 nitrogen and oxygen atoms in total. The fourth-order valence-corrected chi connectivity index (χ4v) is 2.37. The number of hydrogen-bond acceptors (Lipinski definition) is 4. The van der Waals surface area contributed by atoms with Crippen LogP contribution >= 0.6 is 0 Å². The number of halogens is 1. The van der Waals surface area contributed by atoms with Crippen LogP contribution in [0.1, 0.15) is 6.92 Å². The summed E-state index contributed by atoms with van der Waals surface area (Å²) >= 11 is 0. The maximum atomic E-state index is 13.1. The van der Waals surface area contributed by atoms with Gasteiger partial charge in [0.1, 0.15) is 6.04 Å². The summed E-state index contributed by atoms with van der Waals surface area (Å²) in [6.07, 6.45) is 0. The number of ether oxygens (including phenoxy) is 1. The van der Waals surface area contributed by atoms with Crippen LogP contribution < -0.4 is 9.46 Å². The van der Waals surface area contributed by atoms with Gasteiger partial charge in [0, 0.05) is 6.07 Å². The van der Waals surface area contributed by atoms with E-state index in [0.29, 0.717) is 0 Å². The van der Waals surface area contributed by atoms with Gasteiger partial charge in [0.25, 0.3) is 0 Å². The van der Waals surface area contributed by atoms with Gasteiger partial charge in [-0.1, -0.05) is 0 Å². The van der Waals surface area contributed by atoms with Gasteiger partial charge in [0.2, 0.25) is 10.0 Å². The molecule has 1 rings (SSSR count). The van der Waals surface area contributed by atoms with E-state index in [2.05, 4.69) is 4.74 Å². The van der Waals surface area contributed by atoms with E-state index in [-0.39, 0.29) is 10.6 Å². The van der Waals surface area contributed by atoms with E-state index < -0.39 is 27.9 Å². The van der Waals surface area contributed by atoms with Gasteiger partial charge < -0.3 is 9.84 Å². The number of sulfonamides is 1. The molecule has 0 aliphatic rings. The second-order valence-corrected chi connectivity index (χ2v) is 5.19. The van der Waals surface area contributed by atoms with Crippen molar-refractivity contribution in [2.45, 2.75) is 17.9 Å². The fraction of sp³-hybridized carbons (Fsp3) is 0.300. The summed E-state index contributed by atoms with van der Waals surface area (Å²) in [5.41, 5.74) is 0. The molecule has 100 valence electrons. The van der Waals surface area contributed by atoms with Crippen molar-refractivity contribution in [1.82, 2.24) is 4.72 Å². The molecule has 0 fully saturated rings. The van der Waals surface area contributed by atoms with E-state index in [1.165, 1.54) is 14.0 Å². The highest BCUT2D eigenvalue weighted by Gasteiger charge is 2.22. The highest BCUT2D eigenvalue weighted by molar-refractivity contribution is 7.89. The summed E-state index contributed by atoms with van der Waals surface area (Å²) in [5.74, 6) is -2.25. The molecule has 1 aromatic rings. The Morgan fingerprint density at radius 2 is 2.11 bits per heavy atom. The standard InChI is InChI=1S/C10H12FNO5S/c1-6(10(13)14)12-18(15,16)7-3-4-8(11)9(5-7)17-2/h3-6,12H,1-2H3,(H,13,14)/t6-/m0/s1. The molecule has 0 unspecified atom stereocenters. The third kappa shape index (κ3) is 3.17. The first-order valence-corrected chi connectivity index (χ1v) is 6.35. The van der Waals surface area contributed by atoms with Crippen molar-refractivity contribution in [1.29, 1.82) is 0 Å². The van der Waals surface area contributed by atoms with Crippen LogP contribution in [0, 0.1) is 5.82 Å². The van der Waals surface area contributed by atoms with Crippen LogP contribution in [-0.2, 0) is 14.8 Å². The number of benzene rings is 1. The van der Waals surface area contributed by atoms with Crippen molar-refractivity contribution >= 4 is 16.0 Å². The Balaban J connectivity index is 3.09. The second kappa shape index (κ2) is 5.32. The van der Waals surface area contributed by atoms with Crippen LogP contribution in [0.25, 0.3) is 0 Å². The first-order chi connectivity index (χ1) is 8.27. The minimum atomic E-state index is -4.03. The first-order valence-electron chi connectivity index (χ1n) is 4.86. The Morgan fingerprint density at radius 3 is 2.61 bits per heavy atom. The number of carboxylic acid groups (broad SMARTS) is 1. The lowest BCUT2D eigenvalue weighted by atomic mass is 10.3.